The maximum Gasteiger partial charge on any atom is 0.213 e. The molecule has 0 aliphatic rings. The van der Waals surface area contributed by atoms with E-state index in [4.69, 9.17) is 4.74 Å². The van der Waals surface area contributed by atoms with Gasteiger partial charge in [0.1, 0.15) is 5.82 Å². The highest BCUT2D eigenvalue weighted by Crippen LogP contribution is 2.14. The summed E-state index contributed by atoms with van der Waals surface area (Å²) in [6.07, 6.45) is 1.71. The first-order valence-corrected chi connectivity index (χ1v) is 5.68. The lowest BCUT2D eigenvalue weighted by molar-refractivity contribution is 0.398. The number of pyridine rings is 1. The van der Waals surface area contributed by atoms with Crippen LogP contribution in [0.25, 0.3) is 0 Å². The maximum atomic E-state index is 12.9. The molecule has 0 aliphatic carbocycles. The maximum absolute atomic E-state index is 12.9. The van der Waals surface area contributed by atoms with E-state index in [2.05, 4.69) is 10.3 Å². The van der Waals surface area contributed by atoms with Crippen LogP contribution in [0.15, 0.2) is 36.5 Å². The van der Waals surface area contributed by atoms with E-state index in [0.29, 0.717) is 12.4 Å². The molecule has 4 heteroatoms. The van der Waals surface area contributed by atoms with Gasteiger partial charge in [0.2, 0.25) is 5.88 Å². The standard InChI is InChI=1S/C14H15FN2O/c1-10-7-12(15)4-3-11(10)8-16-13-5-6-14(18-2)17-9-13/h3-7,9,16H,8H2,1-2H3. The monoisotopic (exact) mass is 246 g/mol. The summed E-state index contributed by atoms with van der Waals surface area (Å²) in [6, 6.07) is 8.47. The Labute approximate surface area is 106 Å². The van der Waals surface area contributed by atoms with Crippen LogP contribution in [0.4, 0.5) is 10.1 Å². The van der Waals surface area contributed by atoms with Crippen molar-refractivity contribution in [1.82, 2.24) is 4.98 Å². The number of aryl methyl sites for hydroxylation is 1. The zero-order chi connectivity index (χ0) is 13.0. The van der Waals surface area contributed by atoms with Gasteiger partial charge in [-0.3, -0.25) is 0 Å². The van der Waals surface area contributed by atoms with E-state index in [-0.39, 0.29) is 5.82 Å². The number of hydrogen-bond donors (Lipinski definition) is 1. The number of rotatable bonds is 4. The molecule has 0 aliphatic heterocycles. The van der Waals surface area contributed by atoms with Crippen molar-refractivity contribution in [2.75, 3.05) is 12.4 Å². The first kappa shape index (κ1) is 12.4. The number of hydrogen-bond acceptors (Lipinski definition) is 3. The molecule has 1 N–H and O–H groups in total. The molecule has 0 saturated carbocycles. The largest absolute Gasteiger partial charge is 0.481 e. The van der Waals surface area contributed by atoms with Crippen molar-refractivity contribution in [3.05, 3.63) is 53.5 Å². The van der Waals surface area contributed by atoms with Gasteiger partial charge in [0.05, 0.1) is 19.0 Å². The Hall–Kier alpha value is -2.10. The average molecular weight is 246 g/mol. The second kappa shape index (κ2) is 5.49. The van der Waals surface area contributed by atoms with Crippen molar-refractivity contribution in [1.29, 1.82) is 0 Å². The Morgan fingerprint density at radius 2 is 2.11 bits per heavy atom. The van der Waals surface area contributed by atoms with Crippen molar-refractivity contribution >= 4 is 5.69 Å². The van der Waals surface area contributed by atoms with Gasteiger partial charge >= 0.3 is 0 Å². The molecule has 0 bridgehead atoms. The first-order valence-electron chi connectivity index (χ1n) is 5.68. The molecule has 2 rings (SSSR count). The lowest BCUT2D eigenvalue weighted by Gasteiger charge is -2.09. The van der Waals surface area contributed by atoms with Gasteiger partial charge in [-0.2, -0.15) is 0 Å². The lowest BCUT2D eigenvalue weighted by atomic mass is 10.1. The van der Waals surface area contributed by atoms with E-state index in [0.717, 1.165) is 16.8 Å². The molecule has 1 heterocycles. The van der Waals surface area contributed by atoms with Crippen LogP contribution in [0.5, 0.6) is 5.88 Å². The first-order chi connectivity index (χ1) is 8.69. The number of nitrogens with one attached hydrogen (secondary N) is 1. The van der Waals surface area contributed by atoms with Crippen LogP contribution >= 0.6 is 0 Å². The fraction of sp³-hybridized carbons (Fsp3) is 0.214. The van der Waals surface area contributed by atoms with E-state index < -0.39 is 0 Å². The van der Waals surface area contributed by atoms with Crippen LogP contribution < -0.4 is 10.1 Å². The molecule has 0 spiro atoms. The summed E-state index contributed by atoms with van der Waals surface area (Å²) in [5.41, 5.74) is 2.90. The summed E-state index contributed by atoms with van der Waals surface area (Å²) in [5, 5.41) is 3.23. The molecule has 0 atom stereocenters. The van der Waals surface area contributed by atoms with E-state index in [1.54, 1.807) is 25.4 Å². The fourth-order valence-electron chi connectivity index (χ4n) is 1.66. The summed E-state index contributed by atoms with van der Waals surface area (Å²) in [7, 11) is 1.58. The molecule has 1 aromatic heterocycles. The predicted molar refractivity (Wildman–Crippen MR) is 69.3 cm³/mol. The molecular weight excluding hydrogens is 231 g/mol. The van der Waals surface area contributed by atoms with E-state index >= 15 is 0 Å². The van der Waals surface area contributed by atoms with Crippen LogP contribution in [0, 0.1) is 12.7 Å². The molecular formula is C14H15FN2O. The molecule has 0 saturated heterocycles. The second-order valence-corrected chi connectivity index (χ2v) is 4.01. The third-order valence-electron chi connectivity index (χ3n) is 2.73. The van der Waals surface area contributed by atoms with E-state index in [1.165, 1.54) is 12.1 Å². The van der Waals surface area contributed by atoms with Gasteiger partial charge in [0.25, 0.3) is 0 Å². The summed E-state index contributed by atoms with van der Waals surface area (Å²) in [4.78, 5) is 4.10. The Morgan fingerprint density at radius 1 is 1.28 bits per heavy atom. The van der Waals surface area contributed by atoms with Gasteiger partial charge in [-0.1, -0.05) is 6.07 Å². The molecule has 1 aromatic carbocycles. The molecule has 2 aromatic rings. The number of anilines is 1. The lowest BCUT2D eigenvalue weighted by Crippen LogP contribution is -2.02. The van der Waals surface area contributed by atoms with Crippen molar-refractivity contribution in [2.45, 2.75) is 13.5 Å². The highest BCUT2D eigenvalue weighted by molar-refractivity contribution is 5.43. The van der Waals surface area contributed by atoms with E-state index in [9.17, 15) is 4.39 Å². The number of ether oxygens (including phenoxy) is 1. The number of halogens is 1. The van der Waals surface area contributed by atoms with Crippen LogP contribution in [0.3, 0.4) is 0 Å². The quantitative estimate of drug-likeness (QED) is 0.899. The molecule has 94 valence electrons. The van der Waals surface area contributed by atoms with Crippen LogP contribution in [0.1, 0.15) is 11.1 Å². The predicted octanol–water partition coefficient (Wildman–Crippen LogP) is 3.15. The highest BCUT2D eigenvalue weighted by atomic mass is 19.1. The number of methoxy groups -OCH3 is 1. The van der Waals surface area contributed by atoms with Crippen molar-refractivity contribution in [3.8, 4) is 5.88 Å². The minimum atomic E-state index is -0.206. The van der Waals surface area contributed by atoms with Crippen molar-refractivity contribution in [2.24, 2.45) is 0 Å². The third kappa shape index (κ3) is 2.97. The van der Waals surface area contributed by atoms with Crippen LogP contribution in [0.2, 0.25) is 0 Å². The molecule has 3 nitrogen and oxygen atoms in total. The normalized spacial score (nSPS) is 10.2. The van der Waals surface area contributed by atoms with Gasteiger partial charge in [-0.15, -0.1) is 0 Å². The summed E-state index contributed by atoms with van der Waals surface area (Å²) < 4.78 is 17.9. The fourth-order valence-corrected chi connectivity index (χ4v) is 1.66. The van der Waals surface area contributed by atoms with Gasteiger partial charge < -0.3 is 10.1 Å². The van der Waals surface area contributed by atoms with Gasteiger partial charge in [-0.05, 0) is 36.2 Å². The van der Waals surface area contributed by atoms with Gasteiger partial charge in [0.15, 0.2) is 0 Å². The summed E-state index contributed by atoms with van der Waals surface area (Å²) in [5.74, 6) is 0.376. The molecule has 0 fully saturated rings. The van der Waals surface area contributed by atoms with E-state index in [1.807, 2.05) is 13.0 Å². The Kier molecular flexibility index (Phi) is 3.77. The Morgan fingerprint density at radius 3 is 2.72 bits per heavy atom. The SMILES string of the molecule is COc1ccc(NCc2ccc(F)cc2C)cn1. The molecule has 18 heavy (non-hydrogen) atoms. The second-order valence-electron chi connectivity index (χ2n) is 4.01. The van der Waals surface area contributed by atoms with Crippen molar-refractivity contribution < 1.29 is 9.13 Å². The average Bonchev–Trinajstić information content (AvgIpc) is 2.38. The summed E-state index contributed by atoms with van der Waals surface area (Å²) >= 11 is 0. The molecule has 0 amide bonds. The summed E-state index contributed by atoms with van der Waals surface area (Å²) in [6.45, 7) is 2.53. The van der Waals surface area contributed by atoms with Crippen LogP contribution in [-0.2, 0) is 6.54 Å². The Balaban J connectivity index is 2.02. The molecule has 0 unspecified atom stereocenters. The minimum absolute atomic E-state index is 0.206. The van der Waals surface area contributed by atoms with Crippen LogP contribution in [-0.4, -0.2) is 12.1 Å². The molecule has 0 radical (unpaired) electrons. The van der Waals surface area contributed by atoms with Crippen molar-refractivity contribution in [3.63, 3.8) is 0 Å². The zero-order valence-corrected chi connectivity index (χ0v) is 10.4. The third-order valence-corrected chi connectivity index (χ3v) is 2.73. The number of nitrogens with zero attached hydrogens (tertiary/aromatic N) is 1. The topological polar surface area (TPSA) is 34.1 Å². The van der Waals surface area contributed by atoms with Gasteiger partial charge in [0, 0.05) is 12.6 Å². The number of benzene rings is 1. The minimum Gasteiger partial charge on any atom is -0.481 e. The smallest absolute Gasteiger partial charge is 0.213 e. The number of aromatic nitrogens is 1. The highest BCUT2D eigenvalue weighted by Gasteiger charge is 2.00. The zero-order valence-electron chi connectivity index (χ0n) is 10.4. The van der Waals surface area contributed by atoms with Gasteiger partial charge in [-0.25, -0.2) is 9.37 Å². The Bertz CT molecular complexity index is 526.